The molecule has 0 aliphatic carbocycles. The van der Waals surface area contributed by atoms with Crippen molar-refractivity contribution in [2.75, 3.05) is 11.9 Å². The van der Waals surface area contributed by atoms with Crippen molar-refractivity contribution >= 4 is 17.3 Å². The normalized spacial score (nSPS) is 9.56. The molecule has 3 nitrogen and oxygen atoms in total. The zero-order valence-corrected chi connectivity index (χ0v) is 10.00. The molecule has 2 aromatic rings. The SMILES string of the molecule is [C-]#[N+]c1ccc(C(=O)N(C)c2ccccc2)cc1. The number of hydrogen-bond donors (Lipinski definition) is 0. The Bertz CT molecular complexity index is 582. The summed E-state index contributed by atoms with van der Waals surface area (Å²) in [5.41, 5.74) is 1.96. The number of benzene rings is 2. The Morgan fingerprint density at radius 3 is 2.22 bits per heavy atom. The summed E-state index contributed by atoms with van der Waals surface area (Å²) < 4.78 is 0. The number of carbonyl (C=O) groups excluding carboxylic acids is 1. The van der Waals surface area contributed by atoms with Gasteiger partial charge in [0.15, 0.2) is 5.69 Å². The highest BCUT2D eigenvalue weighted by Crippen LogP contribution is 2.17. The Labute approximate surface area is 106 Å². The molecule has 18 heavy (non-hydrogen) atoms. The number of rotatable bonds is 2. The van der Waals surface area contributed by atoms with Crippen molar-refractivity contribution in [1.29, 1.82) is 0 Å². The summed E-state index contributed by atoms with van der Waals surface area (Å²) in [5.74, 6) is -0.0854. The van der Waals surface area contributed by atoms with E-state index in [1.807, 2.05) is 30.3 Å². The van der Waals surface area contributed by atoms with E-state index in [0.717, 1.165) is 5.69 Å². The molecule has 0 spiro atoms. The summed E-state index contributed by atoms with van der Waals surface area (Å²) in [7, 11) is 1.74. The Morgan fingerprint density at radius 2 is 1.67 bits per heavy atom. The van der Waals surface area contributed by atoms with E-state index in [-0.39, 0.29) is 5.91 Å². The third kappa shape index (κ3) is 2.38. The average molecular weight is 236 g/mol. The molecule has 0 N–H and O–H groups in total. The molecule has 1 amide bonds. The van der Waals surface area contributed by atoms with Gasteiger partial charge in [0.05, 0.1) is 6.57 Å². The fourth-order valence-electron chi connectivity index (χ4n) is 1.64. The van der Waals surface area contributed by atoms with Crippen molar-refractivity contribution < 1.29 is 4.79 Å². The second-order valence-corrected chi connectivity index (χ2v) is 3.86. The first-order valence-corrected chi connectivity index (χ1v) is 5.53. The quantitative estimate of drug-likeness (QED) is 0.732. The first kappa shape index (κ1) is 11.9. The van der Waals surface area contributed by atoms with E-state index >= 15 is 0 Å². The van der Waals surface area contributed by atoms with Gasteiger partial charge in [0.1, 0.15) is 0 Å². The molecule has 88 valence electrons. The van der Waals surface area contributed by atoms with Gasteiger partial charge in [-0.2, -0.15) is 0 Å². The highest BCUT2D eigenvalue weighted by Gasteiger charge is 2.12. The van der Waals surface area contributed by atoms with Gasteiger partial charge < -0.3 is 4.90 Å². The highest BCUT2D eigenvalue weighted by molar-refractivity contribution is 6.05. The molecule has 0 radical (unpaired) electrons. The summed E-state index contributed by atoms with van der Waals surface area (Å²) in [6, 6.07) is 16.1. The first-order chi connectivity index (χ1) is 8.72. The molecule has 0 saturated heterocycles. The van der Waals surface area contributed by atoms with Crippen LogP contribution in [0, 0.1) is 6.57 Å². The fourth-order valence-corrected chi connectivity index (χ4v) is 1.64. The average Bonchev–Trinajstić information content (AvgIpc) is 2.47. The van der Waals surface area contributed by atoms with Gasteiger partial charge in [0.2, 0.25) is 0 Å². The Morgan fingerprint density at radius 1 is 1.06 bits per heavy atom. The van der Waals surface area contributed by atoms with Gasteiger partial charge in [-0.15, -0.1) is 0 Å². The standard InChI is InChI=1S/C15H12N2O/c1-16-13-10-8-12(9-11-13)15(18)17(2)14-6-4-3-5-7-14/h3-11H,2H3. The Kier molecular flexibility index (Phi) is 3.40. The number of hydrogen-bond acceptors (Lipinski definition) is 1. The van der Waals surface area contributed by atoms with E-state index < -0.39 is 0 Å². The maximum absolute atomic E-state index is 12.2. The van der Waals surface area contributed by atoms with Crippen LogP contribution in [0.2, 0.25) is 0 Å². The third-order valence-corrected chi connectivity index (χ3v) is 2.69. The lowest BCUT2D eigenvalue weighted by Crippen LogP contribution is -2.25. The largest absolute Gasteiger partial charge is 0.311 e. The predicted octanol–water partition coefficient (Wildman–Crippen LogP) is 3.51. The van der Waals surface area contributed by atoms with E-state index in [2.05, 4.69) is 4.85 Å². The molecule has 0 atom stereocenters. The van der Waals surface area contributed by atoms with Crippen LogP contribution in [0.15, 0.2) is 54.6 Å². The number of nitrogens with zero attached hydrogens (tertiary/aromatic N) is 2. The topological polar surface area (TPSA) is 24.7 Å². The van der Waals surface area contributed by atoms with Gasteiger partial charge in [-0.3, -0.25) is 4.79 Å². The molecular formula is C15H12N2O. The van der Waals surface area contributed by atoms with Gasteiger partial charge in [0.25, 0.3) is 5.91 Å². The Balaban J connectivity index is 2.23. The van der Waals surface area contributed by atoms with Crippen LogP contribution >= 0.6 is 0 Å². The molecule has 0 heterocycles. The number of anilines is 1. The molecule has 2 rings (SSSR count). The number of para-hydroxylation sites is 1. The summed E-state index contributed by atoms with van der Waals surface area (Å²) in [5, 5.41) is 0. The van der Waals surface area contributed by atoms with E-state index in [1.54, 1.807) is 36.2 Å². The lowest BCUT2D eigenvalue weighted by Gasteiger charge is -2.17. The summed E-state index contributed by atoms with van der Waals surface area (Å²) in [6.45, 7) is 6.87. The molecule has 0 aliphatic rings. The van der Waals surface area contributed by atoms with Crippen LogP contribution in [0.25, 0.3) is 4.85 Å². The second kappa shape index (κ2) is 5.15. The van der Waals surface area contributed by atoms with Crippen molar-refractivity contribution in [3.63, 3.8) is 0 Å². The minimum Gasteiger partial charge on any atom is -0.311 e. The molecule has 0 saturated carbocycles. The van der Waals surface area contributed by atoms with Crippen LogP contribution in [-0.2, 0) is 0 Å². The van der Waals surface area contributed by atoms with Gasteiger partial charge in [0, 0.05) is 18.3 Å². The van der Waals surface area contributed by atoms with Crippen molar-refractivity contribution in [2.45, 2.75) is 0 Å². The third-order valence-electron chi connectivity index (χ3n) is 2.69. The smallest absolute Gasteiger partial charge is 0.257 e. The van der Waals surface area contributed by atoms with Crippen LogP contribution in [0.5, 0.6) is 0 Å². The Hall–Kier alpha value is -2.60. The van der Waals surface area contributed by atoms with Crippen LogP contribution in [0.4, 0.5) is 11.4 Å². The summed E-state index contributed by atoms with van der Waals surface area (Å²) >= 11 is 0. The maximum Gasteiger partial charge on any atom is 0.257 e. The monoisotopic (exact) mass is 236 g/mol. The van der Waals surface area contributed by atoms with Crippen LogP contribution in [0.1, 0.15) is 10.4 Å². The summed E-state index contributed by atoms with van der Waals surface area (Å²) in [6.07, 6.45) is 0. The first-order valence-electron chi connectivity index (χ1n) is 5.53. The molecule has 0 bridgehead atoms. The van der Waals surface area contributed by atoms with Gasteiger partial charge in [-0.1, -0.05) is 42.5 Å². The lowest BCUT2D eigenvalue weighted by atomic mass is 10.1. The van der Waals surface area contributed by atoms with Gasteiger partial charge in [-0.05, 0) is 12.1 Å². The minimum atomic E-state index is -0.0854. The van der Waals surface area contributed by atoms with Crippen molar-refractivity contribution in [2.24, 2.45) is 0 Å². The summed E-state index contributed by atoms with van der Waals surface area (Å²) in [4.78, 5) is 17.1. The van der Waals surface area contributed by atoms with Crippen LogP contribution in [-0.4, -0.2) is 13.0 Å². The molecule has 0 fully saturated rings. The molecule has 0 aromatic heterocycles. The molecular weight excluding hydrogens is 224 g/mol. The van der Waals surface area contributed by atoms with E-state index in [4.69, 9.17) is 6.57 Å². The van der Waals surface area contributed by atoms with Crippen LogP contribution < -0.4 is 4.90 Å². The molecule has 0 unspecified atom stereocenters. The minimum absolute atomic E-state index is 0.0854. The van der Waals surface area contributed by atoms with Crippen molar-refractivity contribution in [3.8, 4) is 0 Å². The molecule has 2 aromatic carbocycles. The van der Waals surface area contributed by atoms with E-state index in [1.165, 1.54) is 0 Å². The maximum atomic E-state index is 12.2. The molecule has 0 aliphatic heterocycles. The number of carbonyl (C=O) groups is 1. The van der Waals surface area contributed by atoms with Crippen molar-refractivity contribution in [3.05, 3.63) is 71.6 Å². The fraction of sp³-hybridized carbons (Fsp3) is 0.0667. The van der Waals surface area contributed by atoms with Gasteiger partial charge >= 0.3 is 0 Å². The zero-order valence-electron chi connectivity index (χ0n) is 10.00. The lowest BCUT2D eigenvalue weighted by molar-refractivity contribution is 0.0993. The van der Waals surface area contributed by atoms with Crippen molar-refractivity contribution in [1.82, 2.24) is 0 Å². The zero-order chi connectivity index (χ0) is 13.0. The van der Waals surface area contributed by atoms with E-state index in [0.29, 0.717) is 11.3 Å². The van der Waals surface area contributed by atoms with E-state index in [9.17, 15) is 4.79 Å². The predicted molar refractivity (Wildman–Crippen MR) is 71.9 cm³/mol. The van der Waals surface area contributed by atoms with Gasteiger partial charge in [-0.25, -0.2) is 4.85 Å². The number of amides is 1. The second-order valence-electron chi connectivity index (χ2n) is 3.86. The highest BCUT2D eigenvalue weighted by atomic mass is 16.2. The molecule has 3 heteroatoms. The van der Waals surface area contributed by atoms with Crippen LogP contribution in [0.3, 0.4) is 0 Å².